The van der Waals surface area contributed by atoms with Gasteiger partial charge in [0.25, 0.3) is 0 Å². The fourth-order valence-electron chi connectivity index (χ4n) is 4.74. The number of halogens is 1. The molecule has 0 aliphatic carbocycles. The summed E-state index contributed by atoms with van der Waals surface area (Å²) in [6, 6.07) is 21.9. The number of rotatable bonds is 8. The zero-order chi connectivity index (χ0) is 24.2. The highest BCUT2D eigenvalue weighted by Gasteiger charge is 2.22. The van der Waals surface area contributed by atoms with E-state index in [2.05, 4.69) is 27.0 Å². The van der Waals surface area contributed by atoms with Crippen LogP contribution in [0.5, 0.6) is 5.75 Å². The van der Waals surface area contributed by atoms with E-state index < -0.39 is 5.91 Å². The van der Waals surface area contributed by atoms with Crippen LogP contribution in [0.3, 0.4) is 0 Å². The number of amides is 1. The summed E-state index contributed by atoms with van der Waals surface area (Å²) < 4.78 is 6.09. The van der Waals surface area contributed by atoms with E-state index in [1.54, 1.807) is 12.1 Å². The average molecular weight is 489 g/mol. The van der Waals surface area contributed by atoms with Gasteiger partial charge in [-0.05, 0) is 86.0 Å². The van der Waals surface area contributed by atoms with Gasteiger partial charge in [0, 0.05) is 28.7 Å². The van der Waals surface area contributed by atoms with Gasteiger partial charge in [-0.2, -0.15) is 0 Å². The van der Waals surface area contributed by atoms with E-state index in [0.717, 1.165) is 47.2 Å². The molecule has 3 N–H and O–H groups in total. The van der Waals surface area contributed by atoms with Crippen LogP contribution < -0.4 is 10.5 Å². The zero-order valence-electron chi connectivity index (χ0n) is 19.5. The quantitative estimate of drug-likeness (QED) is 0.328. The van der Waals surface area contributed by atoms with Crippen molar-refractivity contribution < 1.29 is 9.53 Å². The summed E-state index contributed by atoms with van der Waals surface area (Å²) in [6.45, 7) is 2.76. The number of hydrogen-bond donors (Lipinski definition) is 2. The van der Waals surface area contributed by atoms with Gasteiger partial charge in [-0.15, -0.1) is 0 Å². The van der Waals surface area contributed by atoms with Crippen molar-refractivity contribution in [1.29, 1.82) is 0 Å². The first-order valence-electron chi connectivity index (χ1n) is 12.1. The highest BCUT2D eigenvalue weighted by Crippen LogP contribution is 2.25. The van der Waals surface area contributed by atoms with Crippen LogP contribution in [0.4, 0.5) is 0 Å². The van der Waals surface area contributed by atoms with E-state index in [9.17, 15) is 4.79 Å². The number of primary amides is 1. The SMILES string of the molecule is NC(=O)c1ccc2[nH]c(-c3ccc(OCCC4CCCCN4Cc4ccc(Cl)cc4)cc3)nc2c1. The third kappa shape index (κ3) is 5.66. The highest BCUT2D eigenvalue weighted by atomic mass is 35.5. The number of fused-ring (bicyclic) bond motifs is 1. The molecule has 3 aromatic carbocycles. The van der Waals surface area contributed by atoms with Crippen LogP contribution in [0.25, 0.3) is 22.4 Å². The second kappa shape index (κ2) is 10.5. The van der Waals surface area contributed by atoms with Crippen LogP contribution in [-0.2, 0) is 6.54 Å². The van der Waals surface area contributed by atoms with Crippen LogP contribution in [0.1, 0.15) is 41.6 Å². The number of carbonyl (C=O) groups excluding carboxylic acids is 1. The Kier molecular flexibility index (Phi) is 7.02. The van der Waals surface area contributed by atoms with Crippen LogP contribution in [0, 0.1) is 0 Å². The minimum Gasteiger partial charge on any atom is -0.494 e. The molecule has 1 aliphatic heterocycles. The number of likely N-dealkylation sites (tertiary alicyclic amines) is 1. The molecule has 6 nitrogen and oxygen atoms in total. The Morgan fingerprint density at radius 3 is 2.66 bits per heavy atom. The van der Waals surface area contributed by atoms with Crippen molar-refractivity contribution in [2.45, 2.75) is 38.3 Å². The summed E-state index contributed by atoms with van der Waals surface area (Å²) in [5.41, 5.74) is 9.66. The molecule has 0 spiro atoms. The number of H-pyrrole nitrogens is 1. The topological polar surface area (TPSA) is 84.2 Å². The largest absolute Gasteiger partial charge is 0.494 e. The fourth-order valence-corrected chi connectivity index (χ4v) is 4.86. The zero-order valence-corrected chi connectivity index (χ0v) is 20.3. The van der Waals surface area contributed by atoms with Crippen LogP contribution in [0.2, 0.25) is 5.02 Å². The van der Waals surface area contributed by atoms with Crippen molar-refractivity contribution in [3.8, 4) is 17.1 Å². The molecule has 5 rings (SSSR count). The molecule has 180 valence electrons. The number of imidazole rings is 1. The highest BCUT2D eigenvalue weighted by molar-refractivity contribution is 6.30. The molecule has 0 bridgehead atoms. The third-order valence-corrected chi connectivity index (χ3v) is 6.92. The molecular formula is C28H29ClN4O2. The van der Waals surface area contributed by atoms with Crippen LogP contribution in [0.15, 0.2) is 66.7 Å². The van der Waals surface area contributed by atoms with Gasteiger partial charge in [0.15, 0.2) is 0 Å². The van der Waals surface area contributed by atoms with E-state index in [1.165, 1.54) is 24.8 Å². The third-order valence-electron chi connectivity index (χ3n) is 6.66. The number of nitrogens with one attached hydrogen (secondary N) is 1. The molecular weight excluding hydrogens is 460 g/mol. The van der Waals surface area contributed by atoms with Gasteiger partial charge in [0.2, 0.25) is 5.91 Å². The van der Waals surface area contributed by atoms with Crippen molar-refractivity contribution >= 4 is 28.5 Å². The second-order valence-corrected chi connectivity index (χ2v) is 9.53. The molecule has 1 unspecified atom stereocenters. The number of carbonyl (C=O) groups is 1. The molecule has 0 saturated carbocycles. The number of nitrogens with zero attached hydrogens (tertiary/aromatic N) is 2. The molecule has 35 heavy (non-hydrogen) atoms. The smallest absolute Gasteiger partial charge is 0.248 e. The summed E-state index contributed by atoms with van der Waals surface area (Å²) in [5, 5.41) is 0.779. The Balaban J connectivity index is 1.18. The Hall–Kier alpha value is -3.35. The van der Waals surface area contributed by atoms with E-state index >= 15 is 0 Å². The Bertz CT molecular complexity index is 1300. The number of benzene rings is 3. The number of piperidine rings is 1. The molecule has 1 atom stereocenters. The molecule has 1 amide bonds. The normalized spacial score (nSPS) is 16.4. The average Bonchev–Trinajstić information content (AvgIpc) is 3.30. The summed E-state index contributed by atoms with van der Waals surface area (Å²) >= 11 is 6.04. The molecule has 4 aromatic rings. The maximum atomic E-state index is 11.4. The Morgan fingerprint density at radius 1 is 1.09 bits per heavy atom. The first kappa shape index (κ1) is 23.4. The van der Waals surface area contributed by atoms with Crippen molar-refractivity contribution in [2.24, 2.45) is 5.73 Å². The number of aromatic nitrogens is 2. The van der Waals surface area contributed by atoms with Crippen LogP contribution in [-0.4, -0.2) is 40.0 Å². The van der Waals surface area contributed by atoms with Gasteiger partial charge < -0.3 is 15.5 Å². The van der Waals surface area contributed by atoms with Gasteiger partial charge in [0.1, 0.15) is 11.6 Å². The maximum absolute atomic E-state index is 11.4. The summed E-state index contributed by atoms with van der Waals surface area (Å²) in [6.07, 6.45) is 4.73. The number of aromatic amines is 1. The Labute approximate surface area is 210 Å². The Morgan fingerprint density at radius 2 is 1.89 bits per heavy atom. The first-order valence-corrected chi connectivity index (χ1v) is 12.4. The van der Waals surface area contributed by atoms with Gasteiger partial charge in [0.05, 0.1) is 17.6 Å². The lowest BCUT2D eigenvalue weighted by molar-refractivity contribution is 0.100. The minimum atomic E-state index is -0.459. The van der Waals surface area contributed by atoms with Crippen LogP contribution >= 0.6 is 11.6 Å². The van der Waals surface area contributed by atoms with Gasteiger partial charge in [-0.3, -0.25) is 9.69 Å². The number of nitrogens with two attached hydrogens (primary N) is 1. The van der Waals surface area contributed by atoms with E-state index in [4.69, 9.17) is 22.1 Å². The minimum absolute atomic E-state index is 0.448. The van der Waals surface area contributed by atoms with Crippen molar-refractivity contribution in [3.63, 3.8) is 0 Å². The lowest BCUT2D eigenvalue weighted by Gasteiger charge is -2.35. The lowest BCUT2D eigenvalue weighted by atomic mass is 9.99. The molecule has 1 saturated heterocycles. The summed E-state index contributed by atoms with van der Waals surface area (Å²) in [5.74, 6) is 1.13. The number of hydrogen-bond acceptors (Lipinski definition) is 4. The van der Waals surface area contributed by atoms with Crippen molar-refractivity contribution in [3.05, 3.63) is 82.9 Å². The van der Waals surface area contributed by atoms with Gasteiger partial charge >= 0.3 is 0 Å². The molecule has 2 heterocycles. The predicted molar refractivity (Wildman–Crippen MR) is 140 cm³/mol. The monoisotopic (exact) mass is 488 g/mol. The molecule has 0 radical (unpaired) electrons. The summed E-state index contributed by atoms with van der Waals surface area (Å²) in [4.78, 5) is 21.9. The maximum Gasteiger partial charge on any atom is 0.248 e. The predicted octanol–water partition coefficient (Wildman–Crippen LogP) is 5.81. The van der Waals surface area contributed by atoms with E-state index in [1.807, 2.05) is 42.5 Å². The fraction of sp³-hybridized carbons (Fsp3) is 0.286. The van der Waals surface area contributed by atoms with Gasteiger partial charge in [-0.1, -0.05) is 30.2 Å². The number of ether oxygens (including phenoxy) is 1. The lowest BCUT2D eigenvalue weighted by Crippen LogP contribution is -2.39. The van der Waals surface area contributed by atoms with Crippen molar-refractivity contribution in [1.82, 2.24) is 14.9 Å². The standard InChI is InChI=1S/C28H29ClN4O2/c29-22-9-4-19(5-10-22)18-33-15-2-1-3-23(33)14-16-35-24-11-6-20(7-12-24)28-31-25-13-8-21(27(30)34)17-26(25)32-28/h4-13,17,23H,1-3,14-16,18H2,(H2,30,34)(H,31,32). The molecule has 1 aliphatic rings. The second-order valence-electron chi connectivity index (χ2n) is 9.09. The van der Waals surface area contributed by atoms with Gasteiger partial charge in [-0.25, -0.2) is 4.98 Å². The summed E-state index contributed by atoms with van der Waals surface area (Å²) in [7, 11) is 0. The van der Waals surface area contributed by atoms with E-state index in [-0.39, 0.29) is 0 Å². The van der Waals surface area contributed by atoms with Crippen molar-refractivity contribution in [2.75, 3.05) is 13.2 Å². The molecule has 1 aromatic heterocycles. The first-order chi connectivity index (χ1) is 17.0. The van der Waals surface area contributed by atoms with E-state index in [0.29, 0.717) is 23.7 Å². The molecule has 7 heteroatoms. The molecule has 1 fully saturated rings.